The van der Waals surface area contributed by atoms with Crippen molar-refractivity contribution >= 4 is 17.8 Å². The minimum atomic E-state index is -2.94. The Morgan fingerprint density at radius 2 is 1.64 bits per heavy atom. The summed E-state index contributed by atoms with van der Waals surface area (Å²) in [6.45, 7) is 0.636. The number of hydrogen-bond donors (Lipinski definition) is 2. The number of carbonyl (C=O) groups excluding carboxylic acids is 2. The molecule has 0 aliphatic carbocycles. The van der Waals surface area contributed by atoms with E-state index in [-0.39, 0.29) is 11.5 Å². The molecule has 0 aliphatic rings. The first-order valence-corrected chi connectivity index (χ1v) is 11.2. The highest BCUT2D eigenvalue weighted by Gasteiger charge is 2.19. The van der Waals surface area contributed by atoms with Crippen LogP contribution in [-0.4, -0.2) is 29.5 Å². The molecule has 0 spiro atoms. The van der Waals surface area contributed by atoms with E-state index in [9.17, 15) is 23.2 Å². The molecule has 2 N–H and O–H groups in total. The van der Waals surface area contributed by atoms with E-state index in [1.165, 1.54) is 24.3 Å². The van der Waals surface area contributed by atoms with Gasteiger partial charge in [-0.2, -0.15) is 8.78 Å². The number of halogens is 2. The molecule has 1 atom stereocenters. The Labute approximate surface area is 206 Å². The molecule has 2 amide bonds. The lowest BCUT2D eigenvalue weighted by molar-refractivity contribution is -0.121. The SMILES string of the molecule is CCCc1cc(C(=O)c2ccc(OC(F)F)cc2)ccc1Oc1cccc(C(C)C(=O)NC(=O)O)c1. The molecule has 0 aromatic heterocycles. The number of carboxylic acid groups (broad SMARTS) is 1. The van der Waals surface area contributed by atoms with Gasteiger partial charge in [0.25, 0.3) is 0 Å². The lowest BCUT2D eigenvalue weighted by Gasteiger charge is -2.15. The van der Waals surface area contributed by atoms with Crippen molar-refractivity contribution in [1.29, 1.82) is 0 Å². The zero-order valence-corrected chi connectivity index (χ0v) is 19.7. The van der Waals surface area contributed by atoms with Crippen molar-refractivity contribution in [3.05, 3.63) is 89.0 Å². The molecule has 188 valence electrons. The van der Waals surface area contributed by atoms with Gasteiger partial charge >= 0.3 is 12.7 Å². The third-order valence-electron chi connectivity index (χ3n) is 5.39. The van der Waals surface area contributed by atoms with Gasteiger partial charge in [0.2, 0.25) is 5.91 Å². The van der Waals surface area contributed by atoms with E-state index < -0.39 is 24.5 Å². The normalized spacial score (nSPS) is 11.6. The average molecular weight is 497 g/mol. The van der Waals surface area contributed by atoms with E-state index in [0.717, 1.165) is 12.0 Å². The summed E-state index contributed by atoms with van der Waals surface area (Å²) in [6, 6.07) is 17.3. The Kier molecular flexibility index (Phi) is 8.72. The van der Waals surface area contributed by atoms with Crippen molar-refractivity contribution in [2.45, 2.75) is 39.2 Å². The van der Waals surface area contributed by atoms with Gasteiger partial charge in [-0.15, -0.1) is 0 Å². The van der Waals surface area contributed by atoms with E-state index in [0.29, 0.717) is 34.6 Å². The maximum absolute atomic E-state index is 13.0. The highest BCUT2D eigenvalue weighted by atomic mass is 19.3. The summed E-state index contributed by atoms with van der Waals surface area (Å²) in [5.74, 6) is -0.681. The summed E-state index contributed by atoms with van der Waals surface area (Å²) in [5.41, 5.74) is 2.12. The number of ketones is 1. The predicted octanol–water partition coefficient (Wildman–Crippen LogP) is 6.16. The Morgan fingerprint density at radius 1 is 0.944 bits per heavy atom. The molecule has 0 radical (unpaired) electrons. The van der Waals surface area contributed by atoms with Crippen LogP contribution in [0.3, 0.4) is 0 Å². The average Bonchev–Trinajstić information content (AvgIpc) is 2.84. The molecule has 3 aromatic rings. The number of carbonyl (C=O) groups is 3. The Balaban J connectivity index is 1.81. The second-order valence-corrected chi connectivity index (χ2v) is 8.00. The van der Waals surface area contributed by atoms with Crippen LogP contribution in [-0.2, 0) is 11.2 Å². The van der Waals surface area contributed by atoms with Gasteiger partial charge in [-0.05, 0) is 79.1 Å². The van der Waals surface area contributed by atoms with Crippen molar-refractivity contribution < 1.29 is 37.7 Å². The van der Waals surface area contributed by atoms with Crippen LogP contribution in [0.15, 0.2) is 66.7 Å². The monoisotopic (exact) mass is 497 g/mol. The van der Waals surface area contributed by atoms with E-state index in [1.807, 2.05) is 12.2 Å². The molecule has 3 aromatic carbocycles. The van der Waals surface area contributed by atoms with E-state index >= 15 is 0 Å². The first-order chi connectivity index (χ1) is 17.2. The number of imide groups is 1. The molecule has 9 heteroatoms. The molecular formula is C27H25F2NO6. The molecule has 0 fully saturated rings. The summed E-state index contributed by atoms with van der Waals surface area (Å²) in [7, 11) is 0. The van der Waals surface area contributed by atoms with Gasteiger partial charge in [0.1, 0.15) is 17.2 Å². The van der Waals surface area contributed by atoms with Gasteiger partial charge in [-0.25, -0.2) is 4.79 Å². The summed E-state index contributed by atoms with van der Waals surface area (Å²) in [5, 5.41) is 10.6. The fraction of sp³-hybridized carbons (Fsp3) is 0.222. The molecular weight excluding hydrogens is 472 g/mol. The maximum atomic E-state index is 13.0. The topological polar surface area (TPSA) is 102 Å². The van der Waals surface area contributed by atoms with Gasteiger partial charge in [0.15, 0.2) is 5.78 Å². The number of hydrogen-bond acceptors (Lipinski definition) is 5. The molecule has 36 heavy (non-hydrogen) atoms. The molecule has 1 unspecified atom stereocenters. The first kappa shape index (κ1) is 26.3. The van der Waals surface area contributed by atoms with Crippen LogP contribution in [0, 0.1) is 0 Å². The largest absolute Gasteiger partial charge is 0.465 e. The van der Waals surface area contributed by atoms with Crippen LogP contribution < -0.4 is 14.8 Å². The van der Waals surface area contributed by atoms with Crippen LogP contribution in [0.4, 0.5) is 13.6 Å². The van der Waals surface area contributed by atoms with Crippen molar-refractivity contribution in [1.82, 2.24) is 5.32 Å². The van der Waals surface area contributed by atoms with Crippen molar-refractivity contribution in [2.24, 2.45) is 0 Å². The van der Waals surface area contributed by atoms with Gasteiger partial charge in [-0.1, -0.05) is 25.5 Å². The number of ether oxygens (including phenoxy) is 2. The third-order valence-corrected chi connectivity index (χ3v) is 5.39. The van der Waals surface area contributed by atoms with E-state index in [4.69, 9.17) is 9.84 Å². The van der Waals surface area contributed by atoms with E-state index in [1.54, 1.807) is 49.4 Å². The fourth-order valence-corrected chi connectivity index (χ4v) is 3.58. The minimum Gasteiger partial charge on any atom is -0.465 e. The van der Waals surface area contributed by atoms with Crippen LogP contribution in [0.2, 0.25) is 0 Å². The molecule has 0 heterocycles. The summed E-state index contributed by atoms with van der Waals surface area (Å²) < 4.78 is 35.1. The second-order valence-electron chi connectivity index (χ2n) is 8.00. The smallest absolute Gasteiger partial charge is 0.411 e. The predicted molar refractivity (Wildman–Crippen MR) is 128 cm³/mol. The number of rotatable bonds is 10. The molecule has 0 saturated carbocycles. The van der Waals surface area contributed by atoms with Crippen molar-refractivity contribution in [3.8, 4) is 17.2 Å². The third kappa shape index (κ3) is 6.88. The lowest BCUT2D eigenvalue weighted by Crippen LogP contribution is -2.32. The minimum absolute atomic E-state index is 0.0334. The number of benzene rings is 3. The fourth-order valence-electron chi connectivity index (χ4n) is 3.58. The Morgan fingerprint density at radius 3 is 2.28 bits per heavy atom. The highest BCUT2D eigenvalue weighted by Crippen LogP contribution is 2.30. The zero-order chi connectivity index (χ0) is 26.2. The van der Waals surface area contributed by atoms with Gasteiger partial charge < -0.3 is 14.6 Å². The molecule has 0 bridgehead atoms. The lowest BCUT2D eigenvalue weighted by atomic mass is 9.98. The zero-order valence-electron chi connectivity index (χ0n) is 19.7. The molecule has 0 saturated heterocycles. The first-order valence-electron chi connectivity index (χ1n) is 11.2. The van der Waals surface area contributed by atoms with Crippen molar-refractivity contribution in [2.75, 3.05) is 0 Å². The molecule has 3 rings (SSSR count). The van der Waals surface area contributed by atoms with Crippen molar-refractivity contribution in [3.63, 3.8) is 0 Å². The Bertz CT molecular complexity index is 1240. The molecule has 7 nitrogen and oxygen atoms in total. The number of aryl methyl sites for hydroxylation is 1. The van der Waals surface area contributed by atoms with Gasteiger partial charge in [0.05, 0.1) is 5.92 Å². The summed E-state index contributed by atoms with van der Waals surface area (Å²) >= 11 is 0. The van der Waals surface area contributed by atoms with E-state index in [2.05, 4.69) is 4.74 Å². The number of nitrogens with one attached hydrogen (secondary N) is 1. The van der Waals surface area contributed by atoms with Crippen LogP contribution >= 0.6 is 0 Å². The Hall–Kier alpha value is -4.27. The summed E-state index contributed by atoms with van der Waals surface area (Å²) in [4.78, 5) is 35.8. The van der Waals surface area contributed by atoms with Crippen LogP contribution in [0.25, 0.3) is 0 Å². The van der Waals surface area contributed by atoms with Crippen LogP contribution in [0.5, 0.6) is 17.2 Å². The quantitative estimate of drug-likeness (QED) is 0.325. The standard InChI is InChI=1S/C27H25F2NO6/c1-3-5-19-14-20(24(31)17-8-11-21(12-9-17)36-26(28)29)10-13-23(19)35-22-7-4-6-18(15-22)16(2)25(32)30-27(33)34/h4,6-16,26H,3,5H2,1-2H3,(H,30,32)(H,33,34). The highest BCUT2D eigenvalue weighted by molar-refractivity contribution is 6.09. The van der Waals surface area contributed by atoms with Gasteiger partial charge in [0, 0.05) is 11.1 Å². The molecule has 0 aliphatic heterocycles. The number of amides is 2. The maximum Gasteiger partial charge on any atom is 0.411 e. The van der Waals surface area contributed by atoms with Crippen LogP contribution in [0.1, 0.15) is 53.2 Å². The van der Waals surface area contributed by atoms with Gasteiger partial charge in [-0.3, -0.25) is 14.9 Å². The summed E-state index contributed by atoms with van der Waals surface area (Å²) in [6.07, 6.45) is 0.00463. The second kappa shape index (κ2) is 11.9. The number of alkyl halides is 2.